The van der Waals surface area contributed by atoms with Gasteiger partial charge in [0.1, 0.15) is 6.54 Å². The normalized spacial score (nSPS) is 11.0. The Morgan fingerprint density at radius 3 is 2.94 bits per heavy atom. The number of nitrogens with zero attached hydrogens (tertiary/aromatic N) is 1. The number of carboxylic acid groups (broad SMARTS) is 1. The zero-order valence-corrected chi connectivity index (χ0v) is 10.5. The van der Waals surface area contributed by atoms with Gasteiger partial charge >= 0.3 is 5.97 Å². The highest BCUT2D eigenvalue weighted by Crippen LogP contribution is 2.31. The van der Waals surface area contributed by atoms with E-state index < -0.39 is 5.97 Å². The predicted octanol–water partition coefficient (Wildman–Crippen LogP) is 2.92. The summed E-state index contributed by atoms with van der Waals surface area (Å²) in [5, 5.41) is 12.1. The fourth-order valence-electron chi connectivity index (χ4n) is 1.66. The summed E-state index contributed by atoms with van der Waals surface area (Å²) in [7, 11) is 0. The summed E-state index contributed by atoms with van der Waals surface area (Å²) in [6, 6.07) is 6.08. The monoisotopic (exact) mass is 250 g/mol. The van der Waals surface area contributed by atoms with Gasteiger partial charge in [0.2, 0.25) is 0 Å². The van der Waals surface area contributed by atoms with E-state index in [1.54, 1.807) is 0 Å². The number of para-hydroxylation sites is 1. The maximum absolute atomic E-state index is 10.5. The molecule has 2 N–H and O–H groups in total. The van der Waals surface area contributed by atoms with Crippen molar-refractivity contribution in [2.75, 3.05) is 11.9 Å². The number of fused-ring (bicyclic) bond motifs is 1. The lowest BCUT2D eigenvalue weighted by Crippen LogP contribution is -2.11. The van der Waals surface area contributed by atoms with Crippen molar-refractivity contribution in [2.45, 2.75) is 19.8 Å². The number of hydrogen-bond donors (Lipinski definition) is 2. The molecule has 1 aromatic carbocycles. The lowest BCUT2D eigenvalue weighted by molar-refractivity contribution is -0.134. The highest BCUT2D eigenvalue weighted by Gasteiger charge is 2.10. The number of carbonyl (C=O) groups is 1. The molecule has 4 nitrogen and oxygen atoms in total. The third-order valence-corrected chi connectivity index (χ3v) is 3.44. The van der Waals surface area contributed by atoms with Crippen LogP contribution in [0.3, 0.4) is 0 Å². The second kappa shape index (κ2) is 4.71. The number of thiazole rings is 1. The maximum Gasteiger partial charge on any atom is 0.322 e. The van der Waals surface area contributed by atoms with Gasteiger partial charge in [0.15, 0.2) is 5.13 Å². The van der Waals surface area contributed by atoms with Crippen LogP contribution in [0.4, 0.5) is 5.13 Å². The largest absolute Gasteiger partial charge is 0.480 e. The molecule has 0 aliphatic rings. The van der Waals surface area contributed by atoms with E-state index in [-0.39, 0.29) is 6.54 Å². The number of rotatable bonds is 4. The van der Waals surface area contributed by atoms with E-state index in [0.717, 1.165) is 10.2 Å². The molecule has 90 valence electrons. The van der Waals surface area contributed by atoms with Crippen LogP contribution in [0.2, 0.25) is 0 Å². The molecule has 0 saturated heterocycles. The second-order valence-electron chi connectivity index (χ2n) is 4.11. The Labute approximate surface area is 103 Å². The average Bonchev–Trinajstić information content (AvgIpc) is 2.68. The summed E-state index contributed by atoms with van der Waals surface area (Å²) in [5.41, 5.74) is 2.17. The summed E-state index contributed by atoms with van der Waals surface area (Å²) in [5.74, 6) is -0.471. The van der Waals surface area contributed by atoms with Gasteiger partial charge in [-0.2, -0.15) is 0 Å². The summed E-state index contributed by atoms with van der Waals surface area (Å²) in [4.78, 5) is 14.9. The molecule has 2 aromatic rings. The topological polar surface area (TPSA) is 62.2 Å². The maximum atomic E-state index is 10.5. The smallest absolute Gasteiger partial charge is 0.322 e. The third kappa shape index (κ3) is 2.55. The number of benzene rings is 1. The molecule has 0 aliphatic heterocycles. The lowest BCUT2D eigenvalue weighted by Gasteiger charge is -2.04. The van der Waals surface area contributed by atoms with Gasteiger partial charge in [0, 0.05) is 0 Å². The minimum atomic E-state index is -0.881. The highest BCUT2D eigenvalue weighted by atomic mass is 32.1. The minimum Gasteiger partial charge on any atom is -0.480 e. The Kier molecular flexibility index (Phi) is 3.28. The van der Waals surface area contributed by atoms with Crippen LogP contribution in [-0.4, -0.2) is 22.6 Å². The van der Waals surface area contributed by atoms with Crippen molar-refractivity contribution in [3.63, 3.8) is 0 Å². The zero-order chi connectivity index (χ0) is 12.4. The Morgan fingerprint density at radius 1 is 1.53 bits per heavy atom. The first-order valence-electron chi connectivity index (χ1n) is 5.43. The SMILES string of the molecule is CC(C)c1cccc2sc(NCC(=O)O)nc12. The van der Waals surface area contributed by atoms with Gasteiger partial charge in [0.25, 0.3) is 0 Å². The van der Waals surface area contributed by atoms with E-state index in [2.05, 4.69) is 30.2 Å². The molecule has 0 saturated carbocycles. The van der Waals surface area contributed by atoms with Crippen LogP contribution in [0.1, 0.15) is 25.3 Å². The molecule has 0 unspecified atom stereocenters. The lowest BCUT2D eigenvalue weighted by atomic mass is 10.0. The minimum absolute atomic E-state index is 0.100. The van der Waals surface area contributed by atoms with E-state index in [9.17, 15) is 4.79 Å². The molecule has 0 bridgehead atoms. The van der Waals surface area contributed by atoms with Crippen LogP contribution in [0, 0.1) is 0 Å². The van der Waals surface area contributed by atoms with Crippen molar-refractivity contribution in [1.82, 2.24) is 4.98 Å². The van der Waals surface area contributed by atoms with Crippen molar-refractivity contribution in [1.29, 1.82) is 0 Å². The van der Waals surface area contributed by atoms with Crippen LogP contribution in [0.15, 0.2) is 18.2 Å². The quantitative estimate of drug-likeness (QED) is 0.875. The number of hydrogen-bond acceptors (Lipinski definition) is 4. The molecule has 0 atom stereocenters. The Morgan fingerprint density at radius 2 is 2.29 bits per heavy atom. The summed E-state index contributed by atoms with van der Waals surface area (Å²) < 4.78 is 1.09. The summed E-state index contributed by atoms with van der Waals surface area (Å²) in [6.07, 6.45) is 0. The molecular weight excluding hydrogens is 236 g/mol. The molecule has 5 heteroatoms. The van der Waals surface area contributed by atoms with Gasteiger partial charge < -0.3 is 10.4 Å². The Bertz CT molecular complexity index is 548. The van der Waals surface area contributed by atoms with Crippen molar-refractivity contribution in [2.24, 2.45) is 0 Å². The van der Waals surface area contributed by atoms with Crippen molar-refractivity contribution in [3.05, 3.63) is 23.8 Å². The van der Waals surface area contributed by atoms with E-state index in [1.807, 2.05) is 12.1 Å². The van der Waals surface area contributed by atoms with Gasteiger partial charge in [0.05, 0.1) is 10.2 Å². The number of nitrogens with one attached hydrogen (secondary N) is 1. The first kappa shape index (κ1) is 11.9. The van der Waals surface area contributed by atoms with Gasteiger partial charge in [-0.15, -0.1) is 0 Å². The first-order chi connectivity index (χ1) is 8.08. The fraction of sp³-hybridized carbons (Fsp3) is 0.333. The first-order valence-corrected chi connectivity index (χ1v) is 6.24. The third-order valence-electron chi connectivity index (χ3n) is 2.46. The highest BCUT2D eigenvalue weighted by molar-refractivity contribution is 7.22. The molecule has 0 fully saturated rings. The Balaban J connectivity index is 2.36. The molecule has 0 radical (unpaired) electrons. The molecule has 0 aliphatic carbocycles. The van der Waals surface area contributed by atoms with E-state index in [0.29, 0.717) is 11.0 Å². The van der Waals surface area contributed by atoms with E-state index >= 15 is 0 Å². The van der Waals surface area contributed by atoms with E-state index in [1.165, 1.54) is 16.9 Å². The zero-order valence-electron chi connectivity index (χ0n) is 9.73. The standard InChI is InChI=1S/C12H14N2O2S/c1-7(2)8-4-3-5-9-11(8)14-12(17-9)13-6-10(15)16/h3-5,7H,6H2,1-2H3,(H,13,14)(H,15,16). The van der Waals surface area contributed by atoms with Crippen LogP contribution in [0.25, 0.3) is 10.2 Å². The summed E-state index contributed by atoms with van der Waals surface area (Å²) >= 11 is 1.49. The summed E-state index contributed by atoms with van der Waals surface area (Å²) in [6.45, 7) is 4.15. The fourth-order valence-corrected chi connectivity index (χ4v) is 2.56. The van der Waals surface area contributed by atoms with Crippen molar-refractivity contribution < 1.29 is 9.90 Å². The second-order valence-corrected chi connectivity index (χ2v) is 5.15. The van der Waals surface area contributed by atoms with Gasteiger partial charge in [-0.25, -0.2) is 4.98 Å². The van der Waals surface area contributed by atoms with Crippen molar-refractivity contribution in [3.8, 4) is 0 Å². The Hall–Kier alpha value is -1.62. The predicted molar refractivity (Wildman–Crippen MR) is 69.8 cm³/mol. The molecule has 1 heterocycles. The van der Waals surface area contributed by atoms with Crippen LogP contribution < -0.4 is 5.32 Å². The number of aromatic nitrogens is 1. The van der Waals surface area contributed by atoms with Crippen LogP contribution in [0.5, 0.6) is 0 Å². The molecule has 17 heavy (non-hydrogen) atoms. The van der Waals surface area contributed by atoms with Gasteiger partial charge in [-0.3, -0.25) is 4.79 Å². The molecule has 2 rings (SSSR count). The van der Waals surface area contributed by atoms with Crippen LogP contribution >= 0.6 is 11.3 Å². The number of anilines is 1. The number of carboxylic acids is 1. The van der Waals surface area contributed by atoms with Crippen molar-refractivity contribution >= 4 is 32.7 Å². The molecular formula is C12H14N2O2S. The van der Waals surface area contributed by atoms with Crippen LogP contribution in [-0.2, 0) is 4.79 Å². The number of aliphatic carboxylic acids is 1. The molecule has 0 amide bonds. The average molecular weight is 250 g/mol. The van der Waals surface area contributed by atoms with E-state index in [4.69, 9.17) is 5.11 Å². The van der Waals surface area contributed by atoms with Gasteiger partial charge in [-0.1, -0.05) is 37.3 Å². The molecule has 0 spiro atoms. The molecule has 1 aromatic heterocycles. The van der Waals surface area contributed by atoms with Gasteiger partial charge in [-0.05, 0) is 17.5 Å².